The average Bonchev–Trinajstić information content (AvgIpc) is 2.39. The molecule has 1 amide bonds. The summed E-state index contributed by atoms with van der Waals surface area (Å²) in [5.74, 6) is 0.969. The monoisotopic (exact) mass is 263 g/mol. The lowest BCUT2D eigenvalue weighted by Crippen LogP contribution is -2.47. The van der Waals surface area contributed by atoms with Gasteiger partial charge in [0, 0.05) is 32.7 Å². The fourth-order valence-corrected chi connectivity index (χ4v) is 2.30. The van der Waals surface area contributed by atoms with Gasteiger partial charge in [-0.1, -0.05) is 13.8 Å². The van der Waals surface area contributed by atoms with Crippen LogP contribution in [-0.2, 0) is 0 Å². The van der Waals surface area contributed by atoms with Gasteiger partial charge in [-0.3, -0.25) is 9.69 Å². The molecule has 0 atom stereocenters. The van der Waals surface area contributed by atoms with Crippen molar-refractivity contribution in [2.75, 3.05) is 37.6 Å². The molecule has 0 spiro atoms. The molecule has 1 aliphatic rings. The van der Waals surface area contributed by atoms with E-state index in [-0.39, 0.29) is 5.69 Å². The standard InChI is InChI=1S/C13H21N5O/c1-10(2)9-17-5-7-18(8-6-17)12-4-3-11(13(14)19)15-16-12/h3-4,10H,5-9H2,1-2H3,(H2,14,19). The van der Waals surface area contributed by atoms with Crippen molar-refractivity contribution in [1.29, 1.82) is 0 Å². The Balaban J connectivity index is 1.92. The highest BCUT2D eigenvalue weighted by atomic mass is 16.1. The van der Waals surface area contributed by atoms with Gasteiger partial charge in [0.25, 0.3) is 5.91 Å². The SMILES string of the molecule is CC(C)CN1CCN(c2ccc(C(N)=O)nn2)CC1. The molecule has 1 aliphatic heterocycles. The predicted octanol–water partition coefficient (Wildman–Crippen LogP) is 0.354. The Morgan fingerprint density at radius 2 is 1.95 bits per heavy atom. The Morgan fingerprint density at radius 3 is 2.42 bits per heavy atom. The van der Waals surface area contributed by atoms with Crippen molar-refractivity contribution in [3.05, 3.63) is 17.8 Å². The third-order valence-electron chi connectivity index (χ3n) is 3.22. The summed E-state index contributed by atoms with van der Waals surface area (Å²) in [6, 6.07) is 3.44. The fourth-order valence-electron chi connectivity index (χ4n) is 2.30. The van der Waals surface area contributed by atoms with Crippen LogP contribution in [0, 0.1) is 5.92 Å². The van der Waals surface area contributed by atoms with E-state index in [0.717, 1.165) is 38.5 Å². The minimum atomic E-state index is -0.541. The highest BCUT2D eigenvalue weighted by molar-refractivity contribution is 5.90. The summed E-state index contributed by atoms with van der Waals surface area (Å²) >= 11 is 0. The van der Waals surface area contributed by atoms with Crippen molar-refractivity contribution in [3.8, 4) is 0 Å². The highest BCUT2D eigenvalue weighted by Crippen LogP contribution is 2.13. The van der Waals surface area contributed by atoms with Crippen LogP contribution in [0.5, 0.6) is 0 Å². The first-order chi connectivity index (χ1) is 9.06. The average molecular weight is 263 g/mol. The van der Waals surface area contributed by atoms with E-state index in [0.29, 0.717) is 5.92 Å². The Kier molecular flexibility index (Phi) is 4.31. The van der Waals surface area contributed by atoms with E-state index in [1.807, 2.05) is 6.07 Å². The smallest absolute Gasteiger partial charge is 0.269 e. The number of rotatable bonds is 4. The van der Waals surface area contributed by atoms with Crippen LogP contribution in [0.1, 0.15) is 24.3 Å². The van der Waals surface area contributed by atoms with E-state index < -0.39 is 5.91 Å². The van der Waals surface area contributed by atoms with Gasteiger partial charge in [-0.2, -0.15) is 0 Å². The Morgan fingerprint density at radius 1 is 1.26 bits per heavy atom. The lowest BCUT2D eigenvalue weighted by Gasteiger charge is -2.35. The van der Waals surface area contributed by atoms with E-state index >= 15 is 0 Å². The first-order valence-electron chi connectivity index (χ1n) is 6.67. The molecule has 0 unspecified atom stereocenters. The normalized spacial score (nSPS) is 16.9. The molecule has 1 aromatic heterocycles. The number of primary amides is 1. The van der Waals surface area contributed by atoms with Crippen molar-refractivity contribution in [3.63, 3.8) is 0 Å². The molecule has 1 aromatic rings. The first kappa shape index (κ1) is 13.7. The molecule has 19 heavy (non-hydrogen) atoms. The van der Waals surface area contributed by atoms with E-state index in [4.69, 9.17) is 5.73 Å². The van der Waals surface area contributed by atoms with Gasteiger partial charge in [0.15, 0.2) is 11.5 Å². The number of amides is 1. The molecule has 2 N–H and O–H groups in total. The number of carbonyl (C=O) groups is 1. The number of hydrogen-bond acceptors (Lipinski definition) is 5. The maximum atomic E-state index is 10.9. The topological polar surface area (TPSA) is 75.3 Å². The second-order valence-corrected chi connectivity index (χ2v) is 5.32. The largest absolute Gasteiger partial charge is 0.364 e. The number of aromatic nitrogens is 2. The van der Waals surface area contributed by atoms with Gasteiger partial charge in [0.2, 0.25) is 0 Å². The third-order valence-corrected chi connectivity index (χ3v) is 3.22. The van der Waals surface area contributed by atoms with E-state index in [1.165, 1.54) is 0 Å². The highest BCUT2D eigenvalue weighted by Gasteiger charge is 2.18. The minimum absolute atomic E-state index is 0.210. The number of nitrogens with zero attached hydrogens (tertiary/aromatic N) is 4. The van der Waals surface area contributed by atoms with Crippen LogP contribution in [0.4, 0.5) is 5.82 Å². The maximum absolute atomic E-state index is 10.9. The van der Waals surface area contributed by atoms with Crippen LogP contribution in [0.2, 0.25) is 0 Å². The quantitative estimate of drug-likeness (QED) is 0.848. The van der Waals surface area contributed by atoms with Gasteiger partial charge in [-0.05, 0) is 18.1 Å². The zero-order valence-electron chi connectivity index (χ0n) is 11.5. The molecule has 0 radical (unpaired) electrons. The molecule has 1 fully saturated rings. The molecule has 0 bridgehead atoms. The maximum Gasteiger partial charge on any atom is 0.269 e. The molecule has 2 heterocycles. The molecule has 0 saturated carbocycles. The molecule has 6 heteroatoms. The second kappa shape index (κ2) is 5.97. The van der Waals surface area contributed by atoms with Gasteiger partial charge in [-0.15, -0.1) is 10.2 Å². The lowest BCUT2D eigenvalue weighted by atomic mass is 10.2. The zero-order valence-corrected chi connectivity index (χ0v) is 11.5. The summed E-state index contributed by atoms with van der Waals surface area (Å²) in [7, 11) is 0. The summed E-state index contributed by atoms with van der Waals surface area (Å²) < 4.78 is 0. The Bertz CT molecular complexity index is 423. The molecular formula is C13H21N5O. The number of carbonyl (C=O) groups excluding carboxylic acids is 1. The van der Waals surface area contributed by atoms with E-state index in [9.17, 15) is 4.79 Å². The zero-order chi connectivity index (χ0) is 13.8. The lowest BCUT2D eigenvalue weighted by molar-refractivity contribution is 0.0994. The summed E-state index contributed by atoms with van der Waals surface area (Å²) in [4.78, 5) is 15.6. The predicted molar refractivity (Wildman–Crippen MR) is 74.0 cm³/mol. The van der Waals surface area contributed by atoms with Crippen LogP contribution in [0.3, 0.4) is 0 Å². The van der Waals surface area contributed by atoms with Crippen LogP contribution in [0.25, 0.3) is 0 Å². The molecule has 2 rings (SSSR count). The van der Waals surface area contributed by atoms with Crippen molar-refractivity contribution >= 4 is 11.7 Å². The Hall–Kier alpha value is -1.69. The van der Waals surface area contributed by atoms with E-state index in [1.54, 1.807) is 6.07 Å². The number of hydrogen-bond donors (Lipinski definition) is 1. The fraction of sp³-hybridized carbons (Fsp3) is 0.615. The van der Waals surface area contributed by atoms with Crippen LogP contribution in [0.15, 0.2) is 12.1 Å². The van der Waals surface area contributed by atoms with Gasteiger partial charge >= 0.3 is 0 Å². The van der Waals surface area contributed by atoms with Crippen LogP contribution < -0.4 is 10.6 Å². The third kappa shape index (κ3) is 3.64. The van der Waals surface area contributed by atoms with Crippen molar-refractivity contribution in [2.45, 2.75) is 13.8 Å². The van der Waals surface area contributed by atoms with Crippen molar-refractivity contribution < 1.29 is 4.79 Å². The number of anilines is 1. The number of nitrogens with two attached hydrogens (primary N) is 1. The van der Waals surface area contributed by atoms with Crippen molar-refractivity contribution in [2.24, 2.45) is 11.7 Å². The van der Waals surface area contributed by atoms with Gasteiger partial charge in [0.05, 0.1) is 0 Å². The van der Waals surface area contributed by atoms with Crippen molar-refractivity contribution in [1.82, 2.24) is 15.1 Å². The summed E-state index contributed by atoms with van der Waals surface area (Å²) in [6.07, 6.45) is 0. The minimum Gasteiger partial charge on any atom is -0.364 e. The molecule has 1 saturated heterocycles. The summed E-state index contributed by atoms with van der Waals surface area (Å²) in [6.45, 7) is 9.57. The molecule has 0 aromatic carbocycles. The summed E-state index contributed by atoms with van der Waals surface area (Å²) in [5, 5.41) is 7.91. The van der Waals surface area contributed by atoms with E-state index in [2.05, 4.69) is 33.8 Å². The van der Waals surface area contributed by atoms with Gasteiger partial charge in [0.1, 0.15) is 0 Å². The molecule has 104 valence electrons. The van der Waals surface area contributed by atoms with Crippen LogP contribution >= 0.6 is 0 Å². The number of piperazine rings is 1. The second-order valence-electron chi connectivity index (χ2n) is 5.32. The van der Waals surface area contributed by atoms with Crippen LogP contribution in [-0.4, -0.2) is 53.7 Å². The van der Waals surface area contributed by atoms with Gasteiger partial charge < -0.3 is 10.6 Å². The summed E-state index contributed by atoms with van der Waals surface area (Å²) in [5.41, 5.74) is 5.36. The molecular weight excluding hydrogens is 242 g/mol. The Labute approximate surface area is 113 Å². The first-order valence-corrected chi connectivity index (χ1v) is 6.67. The molecule has 6 nitrogen and oxygen atoms in total. The van der Waals surface area contributed by atoms with Gasteiger partial charge in [-0.25, -0.2) is 0 Å². The molecule has 0 aliphatic carbocycles.